The summed E-state index contributed by atoms with van der Waals surface area (Å²) in [5, 5.41) is 3.40. The molecule has 0 saturated carbocycles. The molecule has 0 bridgehead atoms. The number of benzene rings is 2. The van der Waals surface area contributed by atoms with Crippen LogP contribution in [0, 0.1) is 0 Å². The number of rotatable bonds is 8. The Morgan fingerprint density at radius 3 is 2.51 bits per heavy atom. The second kappa shape index (κ2) is 12.0. The number of nitrogens with one attached hydrogen (secondary N) is 1. The summed E-state index contributed by atoms with van der Waals surface area (Å²) in [6.45, 7) is 6.86. The molecule has 1 fully saturated rings. The first-order valence-electron chi connectivity index (χ1n) is 13.5. The Labute approximate surface area is 233 Å². The highest BCUT2D eigenvalue weighted by Crippen LogP contribution is 2.34. The smallest absolute Gasteiger partial charge is 0.259 e. The van der Waals surface area contributed by atoms with E-state index in [1.54, 1.807) is 0 Å². The summed E-state index contributed by atoms with van der Waals surface area (Å²) < 4.78 is 0. The second-order valence-electron chi connectivity index (χ2n) is 9.96. The van der Waals surface area contributed by atoms with Crippen LogP contribution < -0.4 is 10.2 Å². The van der Waals surface area contributed by atoms with Gasteiger partial charge in [0.1, 0.15) is 11.9 Å². The van der Waals surface area contributed by atoms with Crippen LogP contribution in [0.25, 0.3) is 0 Å². The van der Waals surface area contributed by atoms with Crippen molar-refractivity contribution in [3.63, 3.8) is 0 Å². The standard InChI is InChI=1S/C29H34N6O3S/c1-3-20(2)30-25(36)19-39-29-32-23-12-8-7-11-22(23)27-31-24(28(38)35(27)29)13-14-26(37)34-17-15-33(16-18-34)21-9-5-4-6-10-21/h4-12,20,24H,3,13-19H2,1-2H3,(H,30,36)/t20-,24-/m0/s1. The van der Waals surface area contributed by atoms with E-state index in [-0.39, 0.29) is 35.9 Å². The second-order valence-corrected chi connectivity index (χ2v) is 10.9. The molecular weight excluding hydrogens is 512 g/mol. The Morgan fingerprint density at radius 2 is 1.77 bits per heavy atom. The van der Waals surface area contributed by atoms with Crippen LogP contribution in [-0.4, -0.2) is 82.5 Å². The minimum Gasteiger partial charge on any atom is -0.368 e. The van der Waals surface area contributed by atoms with Crippen molar-refractivity contribution in [1.82, 2.24) is 15.1 Å². The van der Waals surface area contributed by atoms with Crippen molar-refractivity contribution in [2.24, 2.45) is 9.98 Å². The third kappa shape index (κ3) is 6.00. The van der Waals surface area contributed by atoms with Gasteiger partial charge in [0.25, 0.3) is 5.91 Å². The molecule has 9 nitrogen and oxygen atoms in total. The van der Waals surface area contributed by atoms with Gasteiger partial charge >= 0.3 is 0 Å². The van der Waals surface area contributed by atoms with E-state index in [0.717, 1.165) is 30.8 Å². The molecule has 3 amide bonds. The van der Waals surface area contributed by atoms with E-state index in [0.29, 0.717) is 30.5 Å². The summed E-state index contributed by atoms with van der Waals surface area (Å²) in [6.07, 6.45) is 1.44. The van der Waals surface area contributed by atoms with Crippen LogP contribution in [0.1, 0.15) is 38.7 Å². The van der Waals surface area contributed by atoms with E-state index in [9.17, 15) is 14.4 Å². The van der Waals surface area contributed by atoms with Gasteiger partial charge in [-0.05, 0) is 44.0 Å². The molecule has 2 atom stereocenters. The van der Waals surface area contributed by atoms with Crippen LogP contribution >= 0.6 is 11.8 Å². The largest absolute Gasteiger partial charge is 0.368 e. The van der Waals surface area contributed by atoms with E-state index in [1.165, 1.54) is 22.3 Å². The Balaban J connectivity index is 1.21. The van der Waals surface area contributed by atoms with Gasteiger partial charge < -0.3 is 15.1 Å². The highest BCUT2D eigenvalue weighted by molar-refractivity contribution is 8.14. The zero-order chi connectivity index (χ0) is 27.4. The molecule has 3 aliphatic rings. The number of para-hydroxylation sites is 2. The molecule has 2 aromatic carbocycles. The molecule has 0 radical (unpaired) electrons. The Bertz CT molecular complexity index is 1290. The molecule has 1 saturated heterocycles. The Morgan fingerprint density at radius 1 is 1.05 bits per heavy atom. The Kier molecular flexibility index (Phi) is 8.30. The van der Waals surface area contributed by atoms with Gasteiger partial charge in [0, 0.05) is 49.9 Å². The molecule has 0 unspecified atom stereocenters. The minimum absolute atomic E-state index is 0.0472. The molecule has 10 heteroatoms. The van der Waals surface area contributed by atoms with Crippen LogP contribution in [0.2, 0.25) is 0 Å². The summed E-state index contributed by atoms with van der Waals surface area (Å²) in [5.41, 5.74) is 2.67. The van der Waals surface area contributed by atoms with E-state index < -0.39 is 6.04 Å². The maximum atomic E-state index is 13.5. The van der Waals surface area contributed by atoms with Gasteiger partial charge in [0.2, 0.25) is 11.8 Å². The maximum absolute atomic E-state index is 13.5. The normalized spacial score (nSPS) is 19.2. The summed E-state index contributed by atoms with van der Waals surface area (Å²) >= 11 is 1.23. The highest BCUT2D eigenvalue weighted by Gasteiger charge is 2.41. The first-order valence-corrected chi connectivity index (χ1v) is 14.5. The molecule has 0 spiro atoms. The van der Waals surface area contributed by atoms with Gasteiger partial charge in [-0.25, -0.2) is 9.89 Å². The zero-order valence-electron chi connectivity index (χ0n) is 22.4. The number of carbonyl (C=O) groups is 3. The first kappa shape index (κ1) is 26.9. The average molecular weight is 547 g/mol. The van der Waals surface area contributed by atoms with Crippen LogP contribution in [0.4, 0.5) is 11.4 Å². The molecule has 0 aromatic heterocycles. The van der Waals surface area contributed by atoms with Gasteiger partial charge in [-0.2, -0.15) is 0 Å². The summed E-state index contributed by atoms with van der Waals surface area (Å²) in [6, 6.07) is 17.2. The lowest BCUT2D eigenvalue weighted by Gasteiger charge is -2.36. The van der Waals surface area contributed by atoms with Crippen LogP contribution in [0.5, 0.6) is 0 Å². The van der Waals surface area contributed by atoms with Crippen molar-refractivity contribution in [3.8, 4) is 0 Å². The molecule has 39 heavy (non-hydrogen) atoms. The van der Waals surface area contributed by atoms with Gasteiger partial charge in [-0.3, -0.25) is 19.4 Å². The molecule has 3 aliphatic heterocycles. The molecule has 1 N–H and O–H groups in total. The van der Waals surface area contributed by atoms with Crippen molar-refractivity contribution in [2.45, 2.75) is 45.2 Å². The summed E-state index contributed by atoms with van der Waals surface area (Å²) in [5.74, 6) is 0.446. The lowest BCUT2D eigenvalue weighted by Crippen LogP contribution is -2.49. The third-order valence-corrected chi connectivity index (χ3v) is 8.22. The molecule has 204 valence electrons. The fraction of sp³-hybridized carbons (Fsp3) is 0.414. The molecule has 5 rings (SSSR count). The number of carbonyl (C=O) groups excluding carboxylic acids is 3. The lowest BCUT2D eigenvalue weighted by molar-refractivity contribution is -0.132. The van der Waals surface area contributed by atoms with Crippen molar-refractivity contribution in [3.05, 3.63) is 60.2 Å². The molecule has 2 aromatic rings. The van der Waals surface area contributed by atoms with E-state index in [4.69, 9.17) is 4.99 Å². The molecule has 3 heterocycles. The number of anilines is 1. The van der Waals surface area contributed by atoms with Crippen molar-refractivity contribution < 1.29 is 14.4 Å². The van der Waals surface area contributed by atoms with Gasteiger partial charge in [-0.1, -0.05) is 49.0 Å². The minimum atomic E-state index is -0.652. The number of amides is 3. The SMILES string of the molecule is CC[C@H](C)NC(=O)CSC1=Nc2ccccc2C2=N[C@@H](CCC(=O)N3CCN(c4ccccc4)CC3)C(=O)N12. The number of aliphatic imine (C=N–C) groups is 2. The molecule has 0 aliphatic carbocycles. The number of nitrogens with zero attached hydrogens (tertiary/aromatic N) is 5. The number of thioether (sulfide) groups is 1. The number of fused-ring (bicyclic) bond motifs is 3. The predicted molar refractivity (Wildman–Crippen MR) is 156 cm³/mol. The highest BCUT2D eigenvalue weighted by atomic mass is 32.2. The summed E-state index contributed by atoms with van der Waals surface area (Å²) in [7, 11) is 0. The lowest BCUT2D eigenvalue weighted by atomic mass is 10.1. The van der Waals surface area contributed by atoms with Crippen LogP contribution in [0.3, 0.4) is 0 Å². The average Bonchev–Trinajstić information content (AvgIpc) is 3.31. The predicted octanol–water partition coefficient (Wildman–Crippen LogP) is 3.42. The van der Waals surface area contributed by atoms with E-state index in [2.05, 4.69) is 27.3 Å². The number of hydrogen-bond donors (Lipinski definition) is 1. The van der Waals surface area contributed by atoms with Gasteiger partial charge in [0.05, 0.1) is 11.4 Å². The van der Waals surface area contributed by atoms with Gasteiger partial charge in [0.15, 0.2) is 5.17 Å². The van der Waals surface area contributed by atoms with E-state index >= 15 is 0 Å². The number of hydrogen-bond acceptors (Lipinski definition) is 7. The van der Waals surface area contributed by atoms with E-state index in [1.807, 2.05) is 61.2 Å². The van der Waals surface area contributed by atoms with Crippen LogP contribution in [-0.2, 0) is 14.4 Å². The number of amidine groups is 2. The fourth-order valence-electron chi connectivity index (χ4n) is 4.91. The van der Waals surface area contributed by atoms with Crippen molar-refractivity contribution >= 4 is 51.9 Å². The topological polar surface area (TPSA) is 97.7 Å². The Hall–Kier alpha value is -3.66. The summed E-state index contributed by atoms with van der Waals surface area (Å²) in [4.78, 5) is 54.1. The quantitative estimate of drug-likeness (QED) is 0.547. The zero-order valence-corrected chi connectivity index (χ0v) is 23.2. The number of piperazine rings is 1. The van der Waals surface area contributed by atoms with Crippen molar-refractivity contribution in [1.29, 1.82) is 0 Å². The molecular formula is C29H34N6O3S. The fourth-order valence-corrected chi connectivity index (χ4v) is 5.72. The first-order chi connectivity index (χ1) is 18.9. The van der Waals surface area contributed by atoms with Gasteiger partial charge in [-0.15, -0.1) is 0 Å². The third-order valence-electron chi connectivity index (χ3n) is 7.29. The van der Waals surface area contributed by atoms with Crippen LogP contribution in [0.15, 0.2) is 64.6 Å². The van der Waals surface area contributed by atoms with Crippen molar-refractivity contribution in [2.75, 3.05) is 36.8 Å². The maximum Gasteiger partial charge on any atom is 0.259 e. The monoisotopic (exact) mass is 546 g/mol.